The zero-order valence-corrected chi connectivity index (χ0v) is 12.7. The SMILES string of the molecule is CCNCCC1(Oc2ccc3c(c2)CCCC3)CCC1. The summed E-state index contributed by atoms with van der Waals surface area (Å²) in [7, 11) is 0. The number of ether oxygens (including phenoxy) is 1. The molecule has 0 atom stereocenters. The highest BCUT2D eigenvalue weighted by Crippen LogP contribution is 2.40. The zero-order chi connectivity index (χ0) is 13.8. The summed E-state index contributed by atoms with van der Waals surface area (Å²) in [5.74, 6) is 1.10. The van der Waals surface area contributed by atoms with Gasteiger partial charge in [-0.3, -0.25) is 0 Å². The lowest BCUT2D eigenvalue weighted by Gasteiger charge is -2.42. The summed E-state index contributed by atoms with van der Waals surface area (Å²) in [6, 6.07) is 6.79. The molecule has 3 rings (SSSR count). The Labute approximate surface area is 122 Å². The molecule has 1 saturated carbocycles. The Morgan fingerprint density at radius 1 is 1.10 bits per heavy atom. The maximum atomic E-state index is 6.41. The molecule has 0 bridgehead atoms. The average molecular weight is 273 g/mol. The monoisotopic (exact) mass is 273 g/mol. The van der Waals surface area contributed by atoms with Crippen LogP contribution in [-0.2, 0) is 12.8 Å². The van der Waals surface area contributed by atoms with E-state index in [4.69, 9.17) is 4.74 Å². The Hall–Kier alpha value is -1.02. The third-order valence-corrected chi connectivity index (χ3v) is 4.93. The molecule has 2 aliphatic carbocycles. The fourth-order valence-electron chi connectivity index (χ4n) is 3.49. The van der Waals surface area contributed by atoms with E-state index in [9.17, 15) is 0 Å². The van der Waals surface area contributed by atoms with Crippen molar-refractivity contribution in [1.82, 2.24) is 5.32 Å². The molecule has 1 aromatic rings. The third-order valence-electron chi connectivity index (χ3n) is 4.93. The molecule has 0 radical (unpaired) electrons. The number of benzene rings is 1. The summed E-state index contributed by atoms with van der Waals surface area (Å²) < 4.78 is 6.41. The predicted molar refractivity (Wildman–Crippen MR) is 83.5 cm³/mol. The van der Waals surface area contributed by atoms with Gasteiger partial charge in [0, 0.05) is 0 Å². The zero-order valence-electron chi connectivity index (χ0n) is 12.7. The number of hydrogen-bond acceptors (Lipinski definition) is 2. The average Bonchev–Trinajstić information content (AvgIpc) is 2.44. The van der Waals surface area contributed by atoms with Crippen molar-refractivity contribution in [3.05, 3.63) is 29.3 Å². The van der Waals surface area contributed by atoms with Crippen molar-refractivity contribution < 1.29 is 4.74 Å². The largest absolute Gasteiger partial charge is 0.487 e. The topological polar surface area (TPSA) is 21.3 Å². The van der Waals surface area contributed by atoms with E-state index >= 15 is 0 Å². The quantitative estimate of drug-likeness (QED) is 0.795. The molecule has 1 aromatic carbocycles. The lowest BCUT2D eigenvalue weighted by molar-refractivity contribution is -0.0142. The van der Waals surface area contributed by atoms with Crippen molar-refractivity contribution >= 4 is 0 Å². The summed E-state index contributed by atoms with van der Waals surface area (Å²) in [6.07, 6.45) is 10.1. The molecule has 0 saturated heterocycles. The van der Waals surface area contributed by atoms with E-state index in [1.165, 1.54) is 50.5 Å². The third kappa shape index (κ3) is 3.01. The van der Waals surface area contributed by atoms with Gasteiger partial charge in [0.25, 0.3) is 0 Å². The van der Waals surface area contributed by atoms with E-state index in [2.05, 4.69) is 30.4 Å². The minimum atomic E-state index is 0.116. The van der Waals surface area contributed by atoms with Crippen LogP contribution in [0.4, 0.5) is 0 Å². The summed E-state index contributed by atoms with van der Waals surface area (Å²) in [4.78, 5) is 0. The Kier molecular flexibility index (Phi) is 4.30. The van der Waals surface area contributed by atoms with E-state index in [-0.39, 0.29) is 5.60 Å². The second-order valence-electron chi connectivity index (χ2n) is 6.38. The van der Waals surface area contributed by atoms with Gasteiger partial charge in [0.05, 0.1) is 0 Å². The Bertz CT molecular complexity index is 451. The van der Waals surface area contributed by atoms with Crippen LogP contribution in [-0.4, -0.2) is 18.7 Å². The van der Waals surface area contributed by atoms with E-state index < -0.39 is 0 Å². The van der Waals surface area contributed by atoms with Crippen LogP contribution in [0.5, 0.6) is 5.75 Å². The molecule has 20 heavy (non-hydrogen) atoms. The molecule has 0 heterocycles. The molecule has 110 valence electrons. The summed E-state index contributed by atoms with van der Waals surface area (Å²) >= 11 is 0. The normalized spacial score (nSPS) is 20.1. The summed E-state index contributed by atoms with van der Waals surface area (Å²) in [6.45, 7) is 4.29. The van der Waals surface area contributed by atoms with Crippen LogP contribution >= 0.6 is 0 Å². The van der Waals surface area contributed by atoms with Gasteiger partial charge in [-0.05, 0) is 87.7 Å². The minimum absolute atomic E-state index is 0.116. The Morgan fingerprint density at radius 2 is 1.90 bits per heavy atom. The van der Waals surface area contributed by atoms with Gasteiger partial charge >= 0.3 is 0 Å². The fourth-order valence-corrected chi connectivity index (χ4v) is 3.49. The van der Waals surface area contributed by atoms with Crippen molar-refractivity contribution in [3.63, 3.8) is 0 Å². The molecule has 2 nitrogen and oxygen atoms in total. The van der Waals surface area contributed by atoms with E-state index in [0.29, 0.717) is 0 Å². The van der Waals surface area contributed by atoms with Gasteiger partial charge in [-0.1, -0.05) is 13.0 Å². The number of fused-ring (bicyclic) bond motifs is 1. The van der Waals surface area contributed by atoms with E-state index in [1.54, 1.807) is 5.56 Å². The number of aryl methyl sites for hydroxylation is 2. The van der Waals surface area contributed by atoms with Crippen LogP contribution in [0.25, 0.3) is 0 Å². The summed E-state index contributed by atoms with van der Waals surface area (Å²) in [5.41, 5.74) is 3.18. The highest BCUT2D eigenvalue weighted by molar-refractivity contribution is 5.37. The van der Waals surface area contributed by atoms with Gasteiger partial charge in [-0.25, -0.2) is 0 Å². The number of nitrogens with one attached hydrogen (secondary N) is 1. The molecule has 2 aliphatic rings. The first-order valence-corrected chi connectivity index (χ1v) is 8.33. The smallest absolute Gasteiger partial charge is 0.120 e. The van der Waals surface area contributed by atoms with Crippen LogP contribution in [0.15, 0.2) is 18.2 Å². The molecule has 0 aromatic heterocycles. The van der Waals surface area contributed by atoms with Gasteiger partial charge in [0.1, 0.15) is 11.4 Å². The van der Waals surface area contributed by atoms with Crippen LogP contribution < -0.4 is 10.1 Å². The molecular weight excluding hydrogens is 246 g/mol. The van der Waals surface area contributed by atoms with Crippen molar-refractivity contribution in [2.75, 3.05) is 13.1 Å². The molecule has 0 amide bonds. The highest BCUT2D eigenvalue weighted by Gasteiger charge is 2.38. The highest BCUT2D eigenvalue weighted by atomic mass is 16.5. The molecule has 0 aliphatic heterocycles. The molecule has 2 heteroatoms. The van der Waals surface area contributed by atoms with Crippen LogP contribution in [0.3, 0.4) is 0 Å². The second-order valence-corrected chi connectivity index (χ2v) is 6.38. The molecule has 0 spiro atoms. The van der Waals surface area contributed by atoms with Crippen molar-refractivity contribution in [2.24, 2.45) is 0 Å². The van der Waals surface area contributed by atoms with Gasteiger partial charge in [-0.2, -0.15) is 0 Å². The molecule has 0 unspecified atom stereocenters. The van der Waals surface area contributed by atoms with Crippen molar-refractivity contribution in [1.29, 1.82) is 0 Å². The first-order chi connectivity index (χ1) is 9.81. The Balaban J connectivity index is 1.66. The summed E-state index contributed by atoms with van der Waals surface area (Å²) in [5, 5.41) is 3.43. The molecule has 1 N–H and O–H groups in total. The number of rotatable bonds is 6. The first-order valence-electron chi connectivity index (χ1n) is 8.33. The standard InChI is InChI=1S/C18H27NO/c1-2-19-13-12-18(10-5-11-18)20-17-9-8-15-6-3-4-7-16(15)14-17/h8-9,14,19H,2-7,10-13H2,1H3. The van der Waals surface area contributed by atoms with E-state index in [0.717, 1.165) is 25.3 Å². The minimum Gasteiger partial charge on any atom is -0.487 e. The lowest BCUT2D eigenvalue weighted by atomic mass is 9.77. The molecular formula is C18H27NO. The van der Waals surface area contributed by atoms with Gasteiger partial charge < -0.3 is 10.1 Å². The van der Waals surface area contributed by atoms with Crippen LogP contribution in [0, 0.1) is 0 Å². The fraction of sp³-hybridized carbons (Fsp3) is 0.667. The Morgan fingerprint density at radius 3 is 2.60 bits per heavy atom. The van der Waals surface area contributed by atoms with Gasteiger partial charge in [0.2, 0.25) is 0 Å². The maximum Gasteiger partial charge on any atom is 0.120 e. The number of hydrogen-bond donors (Lipinski definition) is 1. The molecule has 1 fully saturated rings. The van der Waals surface area contributed by atoms with Gasteiger partial charge in [0.15, 0.2) is 0 Å². The van der Waals surface area contributed by atoms with E-state index in [1.807, 2.05) is 0 Å². The van der Waals surface area contributed by atoms with Gasteiger partial charge in [-0.15, -0.1) is 0 Å². The van der Waals surface area contributed by atoms with Crippen molar-refractivity contribution in [3.8, 4) is 5.75 Å². The van der Waals surface area contributed by atoms with Crippen molar-refractivity contribution in [2.45, 2.75) is 63.9 Å². The second kappa shape index (κ2) is 6.17. The first kappa shape index (κ1) is 13.9. The lowest BCUT2D eigenvalue weighted by Crippen LogP contribution is -2.45. The van der Waals surface area contributed by atoms with Crippen LogP contribution in [0.2, 0.25) is 0 Å². The van der Waals surface area contributed by atoms with Crippen LogP contribution in [0.1, 0.15) is 56.6 Å². The maximum absolute atomic E-state index is 6.41. The predicted octanol–water partition coefficient (Wildman–Crippen LogP) is 3.87.